The number of carbonyl (C=O) groups excluding carboxylic acids is 2. The molecule has 1 N–H and O–H groups in total. The number of benzene rings is 2. The van der Waals surface area contributed by atoms with Crippen LogP contribution in [0.2, 0.25) is 0 Å². The minimum atomic E-state index is -0.164. The Labute approximate surface area is 212 Å². The van der Waals surface area contributed by atoms with Gasteiger partial charge >= 0.3 is 5.97 Å². The number of hydrogen-bond donors (Lipinski definition) is 1. The summed E-state index contributed by atoms with van der Waals surface area (Å²) in [6.45, 7) is 5.23. The van der Waals surface area contributed by atoms with Crippen LogP contribution in [0.3, 0.4) is 0 Å². The van der Waals surface area contributed by atoms with Gasteiger partial charge in [0.25, 0.3) is 5.91 Å². The molecule has 1 aromatic heterocycles. The van der Waals surface area contributed by atoms with Crippen LogP contribution in [0.1, 0.15) is 72.5 Å². The lowest BCUT2D eigenvalue weighted by molar-refractivity contribution is -0.146. The second-order valence-electron chi connectivity index (χ2n) is 10.3. The standard InChI is InChI=1S/C29H36N4O3/c1-20-6-9-22(10-7-20)27(34)31-29-30-25-15-8-21(19-32-16-4-3-5-17-32)18-26(25)33(29)24-13-11-23(12-14-24)28(35)36-2/h6-10,15,18,23-24H,3-5,11-14,16-17,19H2,1-2H3,(H,30,31,34). The summed E-state index contributed by atoms with van der Waals surface area (Å²) in [5.41, 5.74) is 4.92. The van der Waals surface area contributed by atoms with Crippen LogP contribution in [0.5, 0.6) is 0 Å². The zero-order valence-corrected chi connectivity index (χ0v) is 21.3. The van der Waals surface area contributed by atoms with Crippen molar-refractivity contribution in [2.75, 3.05) is 25.5 Å². The van der Waals surface area contributed by atoms with E-state index in [-0.39, 0.29) is 23.8 Å². The first-order valence-electron chi connectivity index (χ1n) is 13.2. The summed E-state index contributed by atoms with van der Waals surface area (Å²) < 4.78 is 7.19. The van der Waals surface area contributed by atoms with E-state index in [9.17, 15) is 9.59 Å². The number of nitrogens with one attached hydrogen (secondary N) is 1. The SMILES string of the molecule is COC(=O)C1CCC(n2c(NC(=O)c3ccc(C)cc3)nc3ccc(CN4CCCCC4)cc32)CC1. The summed E-state index contributed by atoms with van der Waals surface area (Å²) in [5.74, 6) is 0.234. The van der Waals surface area contributed by atoms with E-state index >= 15 is 0 Å². The Morgan fingerprint density at radius 1 is 1.00 bits per heavy atom. The lowest BCUT2D eigenvalue weighted by Crippen LogP contribution is -2.29. The molecule has 2 aromatic carbocycles. The Morgan fingerprint density at radius 3 is 2.42 bits per heavy atom. The number of piperidine rings is 1. The van der Waals surface area contributed by atoms with E-state index in [1.54, 1.807) is 0 Å². The van der Waals surface area contributed by atoms with E-state index in [0.29, 0.717) is 11.5 Å². The number of hydrogen-bond acceptors (Lipinski definition) is 5. The van der Waals surface area contributed by atoms with Crippen molar-refractivity contribution in [1.29, 1.82) is 0 Å². The van der Waals surface area contributed by atoms with E-state index in [1.165, 1.54) is 31.9 Å². The number of fused-ring (bicyclic) bond motifs is 1. The zero-order chi connectivity index (χ0) is 25.1. The molecular weight excluding hydrogens is 452 g/mol. The number of ether oxygens (including phenoxy) is 1. The molecule has 1 amide bonds. The molecule has 0 unspecified atom stereocenters. The van der Waals surface area contributed by atoms with Gasteiger partial charge in [-0.05, 0) is 88.4 Å². The molecule has 3 aromatic rings. The van der Waals surface area contributed by atoms with Gasteiger partial charge in [0.05, 0.1) is 24.1 Å². The van der Waals surface area contributed by atoms with E-state index in [1.807, 2.05) is 31.2 Å². The molecule has 1 aliphatic heterocycles. The smallest absolute Gasteiger partial charge is 0.308 e. The van der Waals surface area contributed by atoms with E-state index in [2.05, 4.69) is 33.0 Å². The Morgan fingerprint density at radius 2 is 1.72 bits per heavy atom. The zero-order valence-electron chi connectivity index (χ0n) is 21.3. The van der Waals surface area contributed by atoms with E-state index in [4.69, 9.17) is 9.72 Å². The Bertz CT molecular complexity index is 1220. The molecule has 7 nitrogen and oxygen atoms in total. The highest BCUT2D eigenvalue weighted by Crippen LogP contribution is 2.37. The van der Waals surface area contributed by atoms with Gasteiger partial charge in [-0.3, -0.25) is 19.8 Å². The predicted molar refractivity (Wildman–Crippen MR) is 141 cm³/mol. The fourth-order valence-corrected chi connectivity index (χ4v) is 5.69. The van der Waals surface area contributed by atoms with Crippen molar-refractivity contribution in [3.05, 3.63) is 59.2 Å². The highest BCUT2D eigenvalue weighted by molar-refractivity contribution is 6.04. The maximum absolute atomic E-state index is 13.1. The van der Waals surface area contributed by atoms with Gasteiger partial charge in [-0.2, -0.15) is 0 Å². The summed E-state index contributed by atoms with van der Waals surface area (Å²) in [5, 5.41) is 3.09. The number of likely N-dealkylation sites (tertiary alicyclic amines) is 1. The van der Waals surface area contributed by atoms with Gasteiger partial charge in [0.1, 0.15) is 0 Å². The fraction of sp³-hybridized carbons (Fsp3) is 0.483. The minimum Gasteiger partial charge on any atom is -0.469 e. The molecule has 0 atom stereocenters. The summed E-state index contributed by atoms with van der Waals surface area (Å²) in [6, 6.07) is 14.2. The molecule has 1 saturated heterocycles. The van der Waals surface area contributed by atoms with Crippen molar-refractivity contribution in [3.8, 4) is 0 Å². The average Bonchev–Trinajstić information content (AvgIpc) is 3.26. The van der Waals surface area contributed by atoms with Gasteiger partial charge < -0.3 is 9.30 Å². The third-order valence-corrected chi connectivity index (χ3v) is 7.74. The number of anilines is 1. The van der Waals surface area contributed by atoms with Crippen LogP contribution >= 0.6 is 0 Å². The maximum Gasteiger partial charge on any atom is 0.308 e. The summed E-state index contributed by atoms with van der Waals surface area (Å²) in [7, 11) is 1.46. The van der Waals surface area contributed by atoms with Crippen LogP contribution in [0.15, 0.2) is 42.5 Å². The molecule has 2 heterocycles. The number of aromatic nitrogens is 2. The van der Waals surface area contributed by atoms with Crippen molar-refractivity contribution >= 4 is 28.9 Å². The summed E-state index contributed by atoms with van der Waals surface area (Å²) in [6.07, 6.45) is 7.08. The topological polar surface area (TPSA) is 76.5 Å². The predicted octanol–water partition coefficient (Wildman–Crippen LogP) is 5.49. The molecule has 1 saturated carbocycles. The molecule has 36 heavy (non-hydrogen) atoms. The number of rotatable bonds is 6. The van der Waals surface area contributed by atoms with Crippen molar-refractivity contribution in [3.63, 3.8) is 0 Å². The Balaban J connectivity index is 1.46. The van der Waals surface area contributed by atoms with Crippen LogP contribution in [0.25, 0.3) is 11.0 Å². The largest absolute Gasteiger partial charge is 0.469 e. The van der Waals surface area contributed by atoms with Gasteiger partial charge in [-0.25, -0.2) is 4.98 Å². The number of amides is 1. The number of esters is 1. The lowest BCUT2D eigenvalue weighted by atomic mass is 9.86. The van der Waals surface area contributed by atoms with E-state index < -0.39 is 0 Å². The molecule has 2 fully saturated rings. The highest BCUT2D eigenvalue weighted by Gasteiger charge is 2.30. The highest BCUT2D eigenvalue weighted by atomic mass is 16.5. The first-order chi connectivity index (χ1) is 17.5. The van der Waals surface area contributed by atoms with Crippen LogP contribution in [0, 0.1) is 12.8 Å². The number of imidazole rings is 1. The monoisotopic (exact) mass is 488 g/mol. The lowest BCUT2D eigenvalue weighted by Gasteiger charge is -2.29. The first-order valence-corrected chi connectivity index (χ1v) is 13.2. The number of carbonyl (C=O) groups is 2. The maximum atomic E-state index is 13.1. The van der Waals surface area contributed by atoms with E-state index in [0.717, 1.165) is 61.9 Å². The van der Waals surface area contributed by atoms with Crippen LogP contribution in [-0.4, -0.2) is 46.5 Å². The fourth-order valence-electron chi connectivity index (χ4n) is 5.69. The van der Waals surface area contributed by atoms with Crippen molar-refractivity contribution in [2.45, 2.75) is 64.5 Å². The molecule has 1 aliphatic carbocycles. The van der Waals surface area contributed by atoms with Crippen molar-refractivity contribution < 1.29 is 14.3 Å². The number of aryl methyl sites for hydroxylation is 1. The molecule has 0 radical (unpaired) electrons. The van der Waals surface area contributed by atoms with Gasteiger partial charge in [-0.1, -0.05) is 30.2 Å². The molecule has 7 heteroatoms. The minimum absolute atomic E-state index is 0.0544. The molecular formula is C29H36N4O3. The Hall–Kier alpha value is -3.19. The van der Waals surface area contributed by atoms with Crippen molar-refractivity contribution in [2.24, 2.45) is 5.92 Å². The first kappa shape index (κ1) is 24.5. The number of nitrogens with zero attached hydrogens (tertiary/aromatic N) is 3. The third-order valence-electron chi connectivity index (χ3n) is 7.74. The van der Waals surface area contributed by atoms with Crippen LogP contribution in [-0.2, 0) is 16.1 Å². The molecule has 2 aliphatic rings. The quantitative estimate of drug-likeness (QED) is 0.465. The van der Waals surface area contributed by atoms with Gasteiger partial charge in [0, 0.05) is 18.2 Å². The normalized spacial score (nSPS) is 20.8. The molecule has 0 spiro atoms. The van der Waals surface area contributed by atoms with Gasteiger partial charge in [0.15, 0.2) is 0 Å². The summed E-state index contributed by atoms with van der Waals surface area (Å²) >= 11 is 0. The summed E-state index contributed by atoms with van der Waals surface area (Å²) in [4.78, 5) is 32.6. The molecule has 5 rings (SSSR count). The second-order valence-corrected chi connectivity index (χ2v) is 10.3. The van der Waals surface area contributed by atoms with Crippen molar-refractivity contribution in [1.82, 2.24) is 14.5 Å². The Kier molecular flexibility index (Phi) is 7.37. The molecule has 0 bridgehead atoms. The van der Waals surface area contributed by atoms with Gasteiger partial charge in [0.2, 0.25) is 5.95 Å². The van der Waals surface area contributed by atoms with Crippen LogP contribution < -0.4 is 5.32 Å². The van der Waals surface area contributed by atoms with Crippen LogP contribution in [0.4, 0.5) is 5.95 Å². The van der Waals surface area contributed by atoms with Gasteiger partial charge in [-0.15, -0.1) is 0 Å². The third kappa shape index (κ3) is 5.31. The second kappa shape index (κ2) is 10.8. The number of methoxy groups -OCH3 is 1. The molecule has 190 valence electrons. The average molecular weight is 489 g/mol.